The summed E-state index contributed by atoms with van der Waals surface area (Å²) in [6.45, 7) is 7.96. The highest BCUT2D eigenvalue weighted by atomic mass is 16.2. The van der Waals surface area contributed by atoms with E-state index in [1.54, 1.807) is 11.0 Å². The highest BCUT2D eigenvalue weighted by molar-refractivity contribution is 5.90. The third-order valence-electron chi connectivity index (χ3n) is 2.74. The normalized spacial score (nSPS) is 24.4. The van der Waals surface area contributed by atoms with Crippen molar-refractivity contribution in [3.8, 4) is 0 Å². The van der Waals surface area contributed by atoms with Crippen molar-refractivity contribution >= 4 is 11.8 Å². The van der Waals surface area contributed by atoms with Crippen LogP contribution in [-0.2, 0) is 9.59 Å². The van der Waals surface area contributed by atoms with E-state index in [1.165, 1.54) is 0 Å². The summed E-state index contributed by atoms with van der Waals surface area (Å²) in [6.07, 6.45) is 2.73. The van der Waals surface area contributed by atoms with Crippen molar-refractivity contribution in [2.45, 2.75) is 38.8 Å². The van der Waals surface area contributed by atoms with Crippen LogP contribution in [0, 0.1) is 0 Å². The molecule has 1 rings (SSSR count). The Morgan fingerprint density at radius 2 is 2.33 bits per heavy atom. The Labute approximate surface area is 90.3 Å². The minimum Gasteiger partial charge on any atom is -0.344 e. The average Bonchev–Trinajstić information content (AvgIpc) is 2.37. The molecular weight excluding hydrogens is 192 g/mol. The number of nitrogens with zero attached hydrogens (tertiary/aromatic N) is 1. The summed E-state index contributed by atoms with van der Waals surface area (Å²) < 4.78 is 0. The first kappa shape index (κ1) is 11.8. The highest BCUT2D eigenvalue weighted by Crippen LogP contribution is 2.10. The van der Waals surface area contributed by atoms with E-state index in [0.717, 1.165) is 0 Å². The van der Waals surface area contributed by atoms with Gasteiger partial charge in [-0.2, -0.15) is 0 Å². The van der Waals surface area contributed by atoms with E-state index in [4.69, 9.17) is 0 Å². The monoisotopic (exact) mass is 210 g/mol. The minimum atomic E-state index is -0.373. The van der Waals surface area contributed by atoms with E-state index >= 15 is 0 Å². The molecule has 0 aromatic rings. The van der Waals surface area contributed by atoms with Gasteiger partial charge >= 0.3 is 0 Å². The molecule has 2 atom stereocenters. The molecule has 0 spiro atoms. The molecule has 4 heteroatoms. The summed E-state index contributed by atoms with van der Waals surface area (Å²) in [5.74, 6) is -0.0512. The van der Waals surface area contributed by atoms with Crippen molar-refractivity contribution in [1.29, 1.82) is 0 Å². The lowest BCUT2D eigenvalue weighted by molar-refractivity contribution is -0.134. The Bertz CT molecular complexity index is 276. The van der Waals surface area contributed by atoms with Crippen LogP contribution >= 0.6 is 0 Å². The molecule has 2 unspecified atom stereocenters. The smallest absolute Gasteiger partial charge is 0.245 e. The van der Waals surface area contributed by atoms with Crippen LogP contribution < -0.4 is 5.32 Å². The Morgan fingerprint density at radius 3 is 2.87 bits per heavy atom. The summed E-state index contributed by atoms with van der Waals surface area (Å²) in [5, 5.41) is 2.72. The van der Waals surface area contributed by atoms with Crippen LogP contribution in [0.4, 0.5) is 0 Å². The molecule has 0 aliphatic carbocycles. The maximum atomic E-state index is 12.0. The van der Waals surface area contributed by atoms with Crippen LogP contribution in [0.3, 0.4) is 0 Å². The van der Waals surface area contributed by atoms with Crippen LogP contribution in [0.1, 0.15) is 26.7 Å². The minimum absolute atomic E-state index is 0.00394. The fourth-order valence-corrected chi connectivity index (χ4v) is 1.67. The lowest BCUT2D eigenvalue weighted by Gasteiger charge is -2.27. The van der Waals surface area contributed by atoms with Crippen LogP contribution in [0.15, 0.2) is 12.7 Å². The topological polar surface area (TPSA) is 49.4 Å². The van der Waals surface area contributed by atoms with E-state index in [9.17, 15) is 9.59 Å². The molecule has 84 valence electrons. The summed E-state index contributed by atoms with van der Waals surface area (Å²) >= 11 is 0. The number of nitrogens with one attached hydrogen (secondary N) is 1. The Morgan fingerprint density at radius 1 is 1.67 bits per heavy atom. The third kappa shape index (κ3) is 2.58. The zero-order valence-corrected chi connectivity index (χ0v) is 9.32. The molecule has 1 N–H and O–H groups in total. The van der Waals surface area contributed by atoms with Crippen LogP contribution in [-0.4, -0.2) is 35.3 Å². The number of carbonyl (C=O) groups is 2. The predicted octanol–water partition coefficient (Wildman–Crippen LogP) is 0.688. The molecule has 1 aliphatic rings. The SMILES string of the molecule is C=CC(C)N1CCC(=O)NC(CC)C1=O. The van der Waals surface area contributed by atoms with E-state index in [0.29, 0.717) is 19.4 Å². The first-order valence-electron chi connectivity index (χ1n) is 5.32. The first-order chi connectivity index (χ1) is 7.10. The number of hydrogen-bond acceptors (Lipinski definition) is 2. The average molecular weight is 210 g/mol. The van der Waals surface area contributed by atoms with E-state index in [-0.39, 0.29) is 23.9 Å². The summed E-state index contributed by atoms with van der Waals surface area (Å²) in [5.41, 5.74) is 0. The van der Waals surface area contributed by atoms with Crippen molar-refractivity contribution in [2.24, 2.45) is 0 Å². The molecule has 1 aliphatic heterocycles. The molecule has 1 saturated heterocycles. The maximum absolute atomic E-state index is 12.0. The Balaban J connectivity index is 2.83. The Kier molecular flexibility index (Phi) is 3.88. The molecule has 15 heavy (non-hydrogen) atoms. The van der Waals surface area contributed by atoms with Gasteiger partial charge < -0.3 is 10.2 Å². The van der Waals surface area contributed by atoms with Gasteiger partial charge in [-0.05, 0) is 13.3 Å². The van der Waals surface area contributed by atoms with Gasteiger partial charge in [0, 0.05) is 19.0 Å². The fourth-order valence-electron chi connectivity index (χ4n) is 1.67. The molecule has 2 amide bonds. The van der Waals surface area contributed by atoms with Gasteiger partial charge in [0.15, 0.2) is 0 Å². The van der Waals surface area contributed by atoms with Crippen LogP contribution in [0.5, 0.6) is 0 Å². The van der Waals surface area contributed by atoms with Gasteiger partial charge in [-0.25, -0.2) is 0 Å². The predicted molar refractivity (Wildman–Crippen MR) is 58.2 cm³/mol. The van der Waals surface area contributed by atoms with Crippen molar-refractivity contribution < 1.29 is 9.59 Å². The second-order valence-electron chi connectivity index (χ2n) is 3.79. The molecule has 1 heterocycles. The Hall–Kier alpha value is -1.32. The van der Waals surface area contributed by atoms with E-state index in [2.05, 4.69) is 11.9 Å². The highest BCUT2D eigenvalue weighted by Gasteiger charge is 2.30. The third-order valence-corrected chi connectivity index (χ3v) is 2.74. The standard InChI is InChI=1S/C11H18N2O2/c1-4-8(3)13-7-6-10(14)12-9(5-2)11(13)15/h4,8-9H,1,5-7H2,2-3H3,(H,12,14). The molecule has 0 radical (unpaired) electrons. The number of carbonyl (C=O) groups excluding carboxylic acids is 2. The van der Waals surface area contributed by atoms with Crippen LogP contribution in [0.25, 0.3) is 0 Å². The van der Waals surface area contributed by atoms with Crippen LogP contribution in [0.2, 0.25) is 0 Å². The zero-order valence-electron chi connectivity index (χ0n) is 9.32. The quantitative estimate of drug-likeness (QED) is 0.697. The van der Waals surface area contributed by atoms with Crippen molar-refractivity contribution in [2.75, 3.05) is 6.54 Å². The second kappa shape index (κ2) is 4.96. The van der Waals surface area contributed by atoms with Gasteiger partial charge in [0.05, 0.1) is 0 Å². The van der Waals surface area contributed by atoms with Gasteiger partial charge in [-0.1, -0.05) is 13.0 Å². The first-order valence-corrected chi connectivity index (χ1v) is 5.32. The van der Waals surface area contributed by atoms with E-state index in [1.807, 2.05) is 13.8 Å². The fraction of sp³-hybridized carbons (Fsp3) is 0.636. The van der Waals surface area contributed by atoms with Crippen molar-refractivity contribution in [1.82, 2.24) is 10.2 Å². The van der Waals surface area contributed by atoms with E-state index < -0.39 is 0 Å². The van der Waals surface area contributed by atoms with Gasteiger partial charge in [0.2, 0.25) is 11.8 Å². The molecule has 0 aromatic carbocycles. The van der Waals surface area contributed by atoms with Gasteiger partial charge in [-0.15, -0.1) is 6.58 Å². The lowest BCUT2D eigenvalue weighted by Crippen LogP contribution is -2.46. The summed E-state index contributed by atoms with van der Waals surface area (Å²) in [4.78, 5) is 25.0. The largest absolute Gasteiger partial charge is 0.344 e. The number of amides is 2. The molecule has 0 aromatic heterocycles. The zero-order chi connectivity index (χ0) is 11.4. The van der Waals surface area contributed by atoms with Gasteiger partial charge in [0.25, 0.3) is 0 Å². The van der Waals surface area contributed by atoms with Crippen molar-refractivity contribution in [3.05, 3.63) is 12.7 Å². The summed E-state index contributed by atoms with van der Waals surface area (Å²) in [7, 11) is 0. The van der Waals surface area contributed by atoms with Crippen molar-refractivity contribution in [3.63, 3.8) is 0 Å². The molecule has 4 nitrogen and oxygen atoms in total. The molecule has 1 fully saturated rings. The number of hydrogen-bond donors (Lipinski definition) is 1. The van der Waals surface area contributed by atoms with Gasteiger partial charge in [-0.3, -0.25) is 9.59 Å². The number of rotatable bonds is 3. The van der Waals surface area contributed by atoms with Gasteiger partial charge in [0.1, 0.15) is 6.04 Å². The summed E-state index contributed by atoms with van der Waals surface area (Å²) in [6, 6.07) is -0.387. The molecule has 0 saturated carbocycles. The second-order valence-corrected chi connectivity index (χ2v) is 3.79. The molecule has 0 bridgehead atoms. The molecular formula is C11H18N2O2. The maximum Gasteiger partial charge on any atom is 0.245 e. The lowest BCUT2D eigenvalue weighted by atomic mass is 10.1.